The molecule has 3 aliphatic heterocycles. The molecule has 2 unspecified atom stereocenters. The van der Waals surface area contributed by atoms with Gasteiger partial charge in [0.25, 0.3) is 0 Å². The van der Waals surface area contributed by atoms with Crippen molar-refractivity contribution in [2.75, 3.05) is 6.61 Å². The molecule has 0 aromatic rings. The van der Waals surface area contributed by atoms with Crippen molar-refractivity contribution in [1.82, 2.24) is 0 Å². The average molecular weight is 340 g/mol. The molecule has 0 amide bonds. The van der Waals surface area contributed by atoms with Gasteiger partial charge in [0.2, 0.25) is 0 Å². The third-order valence-corrected chi connectivity index (χ3v) is 6.40. The molecule has 2 spiro atoms. The first kappa shape index (κ1) is 16.0. The minimum absolute atomic E-state index is 0.185. The van der Waals surface area contributed by atoms with E-state index >= 15 is 0 Å². The maximum absolute atomic E-state index is 10.3. The number of ether oxygens (including phenoxy) is 5. The molecule has 24 heavy (non-hydrogen) atoms. The highest BCUT2D eigenvalue weighted by Crippen LogP contribution is 2.48. The highest BCUT2D eigenvalue weighted by Gasteiger charge is 2.61. The van der Waals surface area contributed by atoms with E-state index in [-0.39, 0.29) is 18.3 Å². The monoisotopic (exact) mass is 340 g/mol. The molecule has 5 fully saturated rings. The summed E-state index contributed by atoms with van der Waals surface area (Å²) < 4.78 is 30.6. The van der Waals surface area contributed by atoms with Crippen molar-refractivity contribution in [3.63, 3.8) is 0 Å². The summed E-state index contributed by atoms with van der Waals surface area (Å²) in [5.41, 5.74) is 0. The highest BCUT2D eigenvalue weighted by atomic mass is 16.8. The Kier molecular flexibility index (Phi) is 3.92. The summed E-state index contributed by atoms with van der Waals surface area (Å²) in [7, 11) is 0. The van der Waals surface area contributed by atoms with Crippen molar-refractivity contribution in [3.8, 4) is 0 Å². The van der Waals surface area contributed by atoms with Crippen LogP contribution in [0.1, 0.15) is 64.2 Å². The summed E-state index contributed by atoms with van der Waals surface area (Å²) in [4.78, 5) is 0. The minimum Gasteiger partial charge on any atom is -0.366 e. The molecule has 0 aromatic heterocycles. The van der Waals surface area contributed by atoms with E-state index in [4.69, 9.17) is 23.7 Å². The Bertz CT molecular complexity index is 470. The van der Waals surface area contributed by atoms with Crippen molar-refractivity contribution < 1.29 is 28.8 Å². The van der Waals surface area contributed by atoms with Crippen molar-refractivity contribution in [1.29, 1.82) is 0 Å². The van der Waals surface area contributed by atoms with Gasteiger partial charge in [-0.2, -0.15) is 0 Å². The third kappa shape index (κ3) is 2.54. The Morgan fingerprint density at radius 2 is 1.29 bits per heavy atom. The molecule has 0 aromatic carbocycles. The zero-order valence-corrected chi connectivity index (χ0v) is 14.2. The summed E-state index contributed by atoms with van der Waals surface area (Å²) >= 11 is 0. The Morgan fingerprint density at radius 3 is 2.00 bits per heavy atom. The highest BCUT2D eigenvalue weighted by molar-refractivity contribution is 5.01. The molecule has 6 nitrogen and oxygen atoms in total. The fourth-order valence-electron chi connectivity index (χ4n) is 5.17. The molecule has 3 heterocycles. The number of aliphatic hydroxyl groups excluding tert-OH is 1. The molecule has 0 radical (unpaired) electrons. The third-order valence-electron chi connectivity index (χ3n) is 6.40. The predicted molar refractivity (Wildman–Crippen MR) is 83.1 cm³/mol. The largest absolute Gasteiger partial charge is 0.366 e. The molecule has 1 N–H and O–H groups in total. The van der Waals surface area contributed by atoms with Gasteiger partial charge in [-0.3, -0.25) is 0 Å². The smallest absolute Gasteiger partial charge is 0.184 e. The van der Waals surface area contributed by atoms with Crippen LogP contribution in [0.5, 0.6) is 0 Å². The second-order valence-electron chi connectivity index (χ2n) is 8.07. The van der Waals surface area contributed by atoms with E-state index in [1.54, 1.807) is 0 Å². The summed E-state index contributed by atoms with van der Waals surface area (Å²) in [6.07, 6.45) is 8.64. The molecule has 136 valence electrons. The lowest BCUT2D eigenvalue weighted by Gasteiger charge is -2.35. The van der Waals surface area contributed by atoms with Crippen LogP contribution in [0.3, 0.4) is 0 Å². The van der Waals surface area contributed by atoms with Gasteiger partial charge in [-0.1, -0.05) is 12.8 Å². The van der Waals surface area contributed by atoms with Crippen LogP contribution in [-0.4, -0.2) is 54.0 Å². The van der Waals surface area contributed by atoms with Crippen LogP contribution in [0.4, 0.5) is 0 Å². The summed E-state index contributed by atoms with van der Waals surface area (Å²) in [5, 5.41) is 10.3. The van der Waals surface area contributed by atoms with Gasteiger partial charge >= 0.3 is 0 Å². The standard InChI is InChI=1S/C18H28O6/c19-16-15-14(23-18(24-15)9-5-2-6-10-18)13(21-16)12-11-20-17(22-12)7-3-1-4-8-17/h12-16,19H,1-11H2/t12-,13+,14?,15-,16?/m1/s1. The molecule has 5 aliphatic rings. The van der Waals surface area contributed by atoms with Crippen LogP contribution in [-0.2, 0) is 23.7 Å². The van der Waals surface area contributed by atoms with Gasteiger partial charge in [0.1, 0.15) is 24.4 Å². The van der Waals surface area contributed by atoms with Crippen molar-refractivity contribution in [2.24, 2.45) is 0 Å². The summed E-state index contributed by atoms with van der Waals surface area (Å²) in [5.74, 6) is -0.949. The van der Waals surface area contributed by atoms with Gasteiger partial charge in [-0.15, -0.1) is 0 Å². The Hall–Kier alpha value is -0.240. The zero-order chi connectivity index (χ0) is 16.2. The van der Waals surface area contributed by atoms with Crippen LogP contribution < -0.4 is 0 Å². The fourth-order valence-corrected chi connectivity index (χ4v) is 5.17. The maximum atomic E-state index is 10.3. The van der Waals surface area contributed by atoms with Crippen molar-refractivity contribution in [2.45, 2.75) is 106 Å². The lowest BCUT2D eigenvalue weighted by Crippen LogP contribution is -2.43. The van der Waals surface area contributed by atoms with E-state index in [1.165, 1.54) is 12.8 Å². The minimum atomic E-state index is -0.937. The number of rotatable bonds is 1. The topological polar surface area (TPSA) is 66.4 Å². The Morgan fingerprint density at radius 1 is 0.667 bits per heavy atom. The van der Waals surface area contributed by atoms with Crippen molar-refractivity contribution >= 4 is 0 Å². The molecule has 2 aliphatic carbocycles. The molecule has 5 rings (SSSR count). The van der Waals surface area contributed by atoms with Crippen molar-refractivity contribution in [3.05, 3.63) is 0 Å². The summed E-state index contributed by atoms with van der Waals surface area (Å²) in [6.45, 7) is 0.511. The first-order valence-corrected chi connectivity index (χ1v) is 9.70. The van der Waals surface area contributed by atoms with Gasteiger partial charge in [0.15, 0.2) is 17.9 Å². The van der Waals surface area contributed by atoms with Crippen LogP contribution in [0.25, 0.3) is 0 Å². The van der Waals surface area contributed by atoms with Crippen LogP contribution in [0.15, 0.2) is 0 Å². The average Bonchev–Trinajstić information content (AvgIpc) is 3.24. The first-order chi connectivity index (χ1) is 11.7. The van der Waals surface area contributed by atoms with Gasteiger partial charge < -0.3 is 28.8 Å². The summed E-state index contributed by atoms with van der Waals surface area (Å²) in [6, 6.07) is 0. The molecule has 3 saturated heterocycles. The van der Waals surface area contributed by atoms with E-state index in [1.807, 2.05) is 0 Å². The normalized spacial score (nSPS) is 46.6. The van der Waals surface area contributed by atoms with Gasteiger partial charge in [-0.05, 0) is 25.7 Å². The van der Waals surface area contributed by atoms with Crippen LogP contribution in [0, 0.1) is 0 Å². The van der Waals surface area contributed by atoms with Crippen LogP contribution >= 0.6 is 0 Å². The van der Waals surface area contributed by atoms with Gasteiger partial charge in [0.05, 0.1) is 6.61 Å². The number of fused-ring (bicyclic) bond motifs is 1. The van der Waals surface area contributed by atoms with Gasteiger partial charge in [0, 0.05) is 25.7 Å². The number of hydrogen-bond acceptors (Lipinski definition) is 6. The fraction of sp³-hybridized carbons (Fsp3) is 1.00. The quantitative estimate of drug-likeness (QED) is 0.789. The lowest BCUT2D eigenvalue weighted by molar-refractivity contribution is -0.260. The SMILES string of the molecule is OC1O[C@@H]([C@H]2COC3(CCCCC3)O2)C2OC3(CCCCC3)O[C@@H]12. The molecule has 0 bridgehead atoms. The molecule has 2 saturated carbocycles. The molecular weight excluding hydrogens is 312 g/mol. The maximum Gasteiger partial charge on any atom is 0.184 e. The second kappa shape index (κ2) is 5.89. The Balaban J connectivity index is 1.30. The van der Waals surface area contributed by atoms with E-state index in [9.17, 15) is 5.11 Å². The van der Waals surface area contributed by atoms with Crippen LogP contribution in [0.2, 0.25) is 0 Å². The second-order valence-corrected chi connectivity index (χ2v) is 8.07. The molecule has 5 atom stereocenters. The van der Waals surface area contributed by atoms with E-state index in [2.05, 4.69) is 0 Å². The number of aliphatic hydroxyl groups is 1. The van der Waals surface area contributed by atoms with E-state index in [0.29, 0.717) is 6.61 Å². The van der Waals surface area contributed by atoms with E-state index in [0.717, 1.165) is 51.4 Å². The molecule has 6 heteroatoms. The first-order valence-electron chi connectivity index (χ1n) is 9.70. The molecular formula is C18H28O6. The lowest BCUT2D eigenvalue weighted by atomic mass is 9.94. The predicted octanol–water partition coefficient (Wildman–Crippen LogP) is 2.22. The van der Waals surface area contributed by atoms with E-state index < -0.39 is 24.0 Å². The zero-order valence-electron chi connectivity index (χ0n) is 14.2. The number of hydrogen-bond donors (Lipinski definition) is 1. The Labute approximate surface area is 142 Å². The van der Waals surface area contributed by atoms with Gasteiger partial charge in [-0.25, -0.2) is 0 Å².